The largest absolute Gasteiger partial charge is 0.457 e. The Morgan fingerprint density at radius 3 is 2.47 bits per heavy atom. The molecule has 1 aliphatic heterocycles. The summed E-state index contributed by atoms with van der Waals surface area (Å²) in [6.45, 7) is 2.17. The SMILES string of the molecule is Cc1ccc2c(c1)C1(CCCC1)c1ccccc1O2. The molecule has 1 aliphatic carbocycles. The Hall–Kier alpha value is -1.76. The molecule has 2 aromatic carbocycles. The first-order chi connectivity index (χ1) is 9.29. The summed E-state index contributed by atoms with van der Waals surface area (Å²) in [5.74, 6) is 2.12. The maximum atomic E-state index is 6.12. The van der Waals surface area contributed by atoms with E-state index >= 15 is 0 Å². The summed E-state index contributed by atoms with van der Waals surface area (Å²) in [6, 6.07) is 15.2. The topological polar surface area (TPSA) is 9.23 Å². The second-order valence-electron chi connectivity index (χ2n) is 5.89. The van der Waals surface area contributed by atoms with Gasteiger partial charge in [0.25, 0.3) is 0 Å². The molecule has 0 unspecified atom stereocenters. The van der Waals surface area contributed by atoms with Crippen molar-refractivity contribution in [2.75, 3.05) is 0 Å². The smallest absolute Gasteiger partial charge is 0.131 e. The average Bonchev–Trinajstić information content (AvgIpc) is 2.91. The van der Waals surface area contributed by atoms with Gasteiger partial charge < -0.3 is 4.74 Å². The van der Waals surface area contributed by atoms with Crippen molar-refractivity contribution in [1.82, 2.24) is 0 Å². The van der Waals surface area contributed by atoms with E-state index in [0.29, 0.717) is 0 Å². The van der Waals surface area contributed by atoms with Crippen molar-refractivity contribution in [1.29, 1.82) is 0 Å². The summed E-state index contributed by atoms with van der Waals surface area (Å²) in [5.41, 5.74) is 4.33. The highest BCUT2D eigenvalue weighted by Crippen LogP contribution is 2.55. The first kappa shape index (κ1) is 11.1. The fraction of sp³-hybridized carbons (Fsp3) is 0.333. The van der Waals surface area contributed by atoms with Crippen LogP contribution >= 0.6 is 0 Å². The Morgan fingerprint density at radius 1 is 0.895 bits per heavy atom. The highest BCUT2D eigenvalue weighted by molar-refractivity contribution is 5.58. The van der Waals surface area contributed by atoms with E-state index in [-0.39, 0.29) is 5.41 Å². The van der Waals surface area contributed by atoms with Crippen LogP contribution in [-0.2, 0) is 5.41 Å². The lowest BCUT2D eigenvalue weighted by Gasteiger charge is -2.37. The highest BCUT2D eigenvalue weighted by Gasteiger charge is 2.43. The number of benzene rings is 2. The van der Waals surface area contributed by atoms with E-state index in [9.17, 15) is 0 Å². The van der Waals surface area contributed by atoms with E-state index in [2.05, 4.69) is 49.4 Å². The third-order valence-electron chi connectivity index (χ3n) is 4.73. The average molecular weight is 250 g/mol. The van der Waals surface area contributed by atoms with Crippen LogP contribution in [0.5, 0.6) is 11.5 Å². The van der Waals surface area contributed by atoms with Crippen LogP contribution in [0, 0.1) is 6.92 Å². The van der Waals surface area contributed by atoms with Gasteiger partial charge in [0.05, 0.1) is 0 Å². The third-order valence-corrected chi connectivity index (χ3v) is 4.73. The predicted molar refractivity (Wildman–Crippen MR) is 76.9 cm³/mol. The fourth-order valence-corrected chi connectivity index (χ4v) is 3.84. The molecule has 19 heavy (non-hydrogen) atoms. The van der Waals surface area contributed by atoms with Crippen molar-refractivity contribution in [3.63, 3.8) is 0 Å². The van der Waals surface area contributed by atoms with Gasteiger partial charge in [0, 0.05) is 16.5 Å². The summed E-state index contributed by atoms with van der Waals surface area (Å²) in [6.07, 6.45) is 5.15. The summed E-state index contributed by atoms with van der Waals surface area (Å²) < 4.78 is 6.12. The third kappa shape index (κ3) is 1.48. The Kier molecular flexibility index (Phi) is 2.26. The summed E-state index contributed by atoms with van der Waals surface area (Å²) in [5, 5.41) is 0. The van der Waals surface area contributed by atoms with Crippen LogP contribution in [-0.4, -0.2) is 0 Å². The Morgan fingerprint density at radius 2 is 1.63 bits per heavy atom. The highest BCUT2D eigenvalue weighted by atomic mass is 16.5. The minimum absolute atomic E-state index is 0.205. The first-order valence-electron chi connectivity index (χ1n) is 7.18. The molecule has 2 aromatic rings. The number of fused-ring (bicyclic) bond motifs is 4. The van der Waals surface area contributed by atoms with Crippen LogP contribution in [0.4, 0.5) is 0 Å². The van der Waals surface area contributed by atoms with E-state index in [1.165, 1.54) is 42.4 Å². The van der Waals surface area contributed by atoms with Crippen LogP contribution in [0.3, 0.4) is 0 Å². The minimum atomic E-state index is 0.205. The summed E-state index contributed by atoms with van der Waals surface area (Å²) in [4.78, 5) is 0. The molecule has 1 fully saturated rings. The molecule has 96 valence electrons. The number of ether oxygens (including phenoxy) is 1. The molecule has 0 aromatic heterocycles. The quantitative estimate of drug-likeness (QED) is 0.642. The van der Waals surface area contributed by atoms with Crippen LogP contribution in [0.1, 0.15) is 42.4 Å². The molecule has 0 amide bonds. The zero-order valence-electron chi connectivity index (χ0n) is 11.3. The second kappa shape index (κ2) is 3.86. The molecule has 1 saturated carbocycles. The van der Waals surface area contributed by atoms with Gasteiger partial charge in [-0.3, -0.25) is 0 Å². The molecule has 0 atom stereocenters. The van der Waals surface area contributed by atoms with Crippen molar-refractivity contribution in [2.24, 2.45) is 0 Å². The molecule has 0 N–H and O–H groups in total. The molecule has 1 heteroatoms. The summed E-state index contributed by atoms with van der Waals surface area (Å²) in [7, 11) is 0. The van der Waals surface area contributed by atoms with Gasteiger partial charge in [-0.05, 0) is 31.9 Å². The number of hydrogen-bond donors (Lipinski definition) is 0. The van der Waals surface area contributed by atoms with Crippen molar-refractivity contribution in [3.8, 4) is 11.5 Å². The van der Waals surface area contributed by atoms with Crippen LogP contribution in [0.25, 0.3) is 0 Å². The van der Waals surface area contributed by atoms with Crippen molar-refractivity contribution in [2.45, 2.75) is 38.0 Å². The van der Waals surface area contributed by atoms with Gasteiger partial charge >= 0.3 is 0 Å². The molecule has 0 saturated heterocycles. The van der Waals surface area contributed by atoms with Gasteiger partial charge in [-0.2, -0.15) is 0 Å². The number of hydrogen-bond acceptors (Lipinski definition) is 1. The van der Waals surface area contributed by atoms with Crippen LogP contribution in [0.2, 0.25) is 0 Å². The molecule has 2 aliphatic rings. The molecule has 4 rings (SSSR count). The molecule has 1 heterocycles. The van der Waals surface area contributed by atoms with E-state index in [0.717, 1.165) is 11.5 Å². The normalized spacial score (nSPS) is 18.8. The van der Waals surface area contributed by atoms with Crippen molar-refractivity contribution >= 4 is 0 Å². The van der Waals surface area contributed by atoms with Gasteiger partial charge in [0.1, 0.15) is 11.5 Å². The Labute approximate surface area is 114 Å². The van der Waals surface area contributed by atoms with E-state index < -0.39 is 0 Å². The predicted octanol–water partition coefficient (Wildman–Crippen LogP) is 4.96. The zero-order valence-corrected chi connectivity index (χ0v) is 11.3. The molecule has 0 radical (unpaired) electrons. The van der Waals surface area contributed by atoms with Crippen molar-refractivity contribution < 1.29 is 4.74 Å². The Balaban J connectivity index is 2.01. The lowest BCUT2D eigenvalue weighted by atomic mass is 9.71. The zero-order chi connectivity index (χ0) is 12.9. The first-order valence-corrected chi connectivity index (χ1v) is 7.18. The van der Waals surface area contributed by atoms with Gasteiger partial charge in [-0.1, -0.05) is 48.7 Å². The van der Waals surface area contributed by atoms with E-state index in [1.54, 1.807) is 0 Å². The standard InChI is InChI=1S/C18H18O/c1-13-8-9-17-15(12-13)18(10-4-5-11-18)14-6-2-3-7-16(14)19-17/h2-3,6-9,12H,4-5,10-11H2,1H3. The van der Waals surface area contributed by atoms with E-state index in [4.69, 9.17) is 4.74 Å². The maximum absolute atomic E-state index is 6.12. The molecule has 1 nitrogen and oxygen atoms in total. The molecular weight excluding hydrogens is 232 g/mol. The number of aryl methyl sites for hydroxylation is 1. The molecule has 1 spiro atoms. The van der Waals surface area contributed by atoms with Crippen LogP contribution < -0.4 is 4.74 Å². The maximum Gasteiger partial charge on any atom is 0.131 e. The van der Waals surface area contributed by atoms with Gasteiger partial charge in [0.2, 0.25) is 0 Å². The monoisotopic (exact) mass is 250 g/mol. The lowest BCUT2D eigenvalue weighted by molar-refractivity contribution is 0.393. The van der Waals surface area contributed by atoms with Gasteiger partial charge in [-0.25, -0.2) is 0 Å². The van der Waals surface area contributed by atoms with E-state index in [1.807, 2.05) is 0 Å². The lowest BCUT2D eigenvalue weighted by Crippen LogP contribution is -2.28. The number of para-hydroxylation sites is 1. The van der Waals surface area contributed by atoms with Gasteiger partial charge in [-0.15, -0.1) is 0 Å². The minimum Gasteiger partial charge on any atom is -0.457 e. The van der Waals surface area contributed by atoms with Crippen LogP contribution in [0.15, 0.2) is 42.5 Å². The fourth-order valence-electron chi connectivity index (χ4n) is 3.84. The second-order valence-corrected chi connectivity index (χ2v) is 5.89. The Bertz CT molecular complexity index is 636. The number of rotatable bonds is 0. The molecule has 0 bridgehead atoms. The van der Waals surface area contributed by atoms with Crippen molar-refractivity contribution in [3.05, 3.63) is 59.2 Å². The van der Waals surface area contributed by atoms with Gasteiger partial charge in [0.15, 0.2) is 0 Å². The molecular formula is C18H18O. The summed E-state index contributed by atoms with van der Waals surface area (Å²) >= 11 is 0.